The number of carbonyl (C=O) groups is 1. The van der Waals surface area contributed by atoms with E-state index in [1.54, 1.807) is 0 Å². The van der Waals surface area contributed by atoms with Gasteiger partial charge in [0.1, 0.15) is 0 Å². The van der Waals surface area contributed by atoms with Gasteiger partial charge in [0, 0.05) is 6.42 Å². The minimum absolute atomic E-state index is 0.0402. The second-order valence-electron chi connectivity index (χ2n) is 6.77. The molecule has 1 atom stereocenters. The van der Waals surface area contributed by atoms with Gasteiger partial charge in [-0.1, -0.05) is 45.0 Å². The molecule has 1 aromatic carbocycles. The van der Waals surface area contributed by atoms with Crippen LogP contribution in [0, 0.1) is 5.41 Å². The van der Waals surface area contributed by atoms with Crippen LogP contribution in [0.2, 0.25) is 0 Å². The zero-order valence-corrected chi connectivity index (χ0v) is 11.8. The number of hydrogen-bond acceptors (Lipinski definition) is 1. The van der Waals surface area contributed by atoms with Crippen LogP contribution in [0.25, 0.3) is 0 Å². The van der Waals surface area contributed by atoms with Gasteiger partial charge in [0.2, 0.25) is 5.91 Å². The van der Waals surface area contributed by atoms with Gasteiger partial charge in [0.05, 0.1) is 5.54 Å². The molecule has 1 N–H and O–H groups in total. The third-order valence-electron chi connectivity index (χ3n) is 3.61. The van der Waals surface area contributed by atoms with Crippen molar-refractivity contribution in [2.24, 2.45) is 5.41 Å². The Hall–Kier alpha value is -1.31. The number of aryl methyl sites for hydroxylation is 1. The highest BCUT2D eigenvalue weighted by molar-refractivity contribution is 5.78. The van der Waals surface area contributed by atoms with E-state index in [2.05, 4.69) is 57.3 Å². The lowest BCUT2D eigenvalue weighted by atomic mass is 9.89. The molecule has 1 amide bonds. The zero-order chi connectivity index (χ0) is 13.4. The lowest BCUT2D eigenvalue weighted by Gasteiger charge is -2.29. The van der Waals surface area contributed by atoms with Crippen molar-refractivity contribution in [1.29, 1.82) is 0 Å². The van der Waals surface area contributed by atoms with E-state index in [1.165, 1.54) is 11.1 Å². The minimum atomic E-state index is -0.182. The van der Waals surface area contributed by atoms with Gasteiger partial charge in [-0.05, 0) is 36.3 Å². The van der Waals surface area contributed by atoms with E-state index in [4.69, 9.17) is 0 Å². The molecule has 1 unspecified atom stereocenters. The molecular weight excluding hydrogens is 222 g/mol. The lowest BCUT2D eigenvalue weighted by molar-refractivity contribution is -0.124. The summed E-state index contributed by atoms with van der Waals surface area (Å²) in [5.74, 6) is 0.154. The van der Waals surface area contributed by atoms with Gasteiger partial charge in [0.25, 0.3) is 0 Å². The third-order valence-corrected chi connectivity index (χ3v) is 3.61. The summed E-state index contributed by atoms with van der Waals surface area (Å²) < 4.78 is 0. The molecule has 1 aliphatic carbocycles. The Morgan fingerprint density at radius 2 is 2.00 bits per heavy atom. The van der Waals surface area contributed by atoms with Crippen molar-refractivity contribution >= 4 is 5.91 Å². The maximum absolute atomic E-state index is 12.1. The van der Waals surface area contributed by atoms with Crippen LogP contribution in [-0.2, 0) is 16.8 Å². The summed E-state index contributed by atoms with van der Waals surface area (Å²) in [7, 11) is 0. The second kappa shape index (κ2) is 4.42. The number of rotatable bonds is 2. The topological polar surface area (TPSA) is 29.1 Å². The maximum Gasteiger partial charge on any atom is 0.221 e. The molecule has 18 heavy (non-hydrogen) atoms. The fourth-order valence-electron chi connectivity index (χ4n) is 2.76. The van der Waals surface area contributed by atoms with Crippen LogP contribution in [0.1, 0.15) is 51.7 Å². The number of carbonyl (C=O) groups excluding carboxylic acids is 1. The van der Waals surface area contributed by atoms with Crippen LogP contribution < -0.4 is 5.32 Å². The number of fused-ring (bicyclic) bond motifs is 1. The molecule has 2 rings (SSSR count). The number of hydrogen-bond donors (Lipinski definition) is 1. The van der Waals surface area contributed by atoms with E-state index < -0.39 is 0 Å². The SMILES string of the molecule is CC(C)(C)CC(=O)NC1(C)CCc2ccccc21. The quantitative estimate of drug-likeness (QED) is 0.850. The van der Waals surface area contributed by atoms with E-state index in [-0.39, 0.29) is 16.9 Å². The average molecular weight is 245 g/mol. The Bertz CT molecular complexity index is 458. The Morgan fingerprint density at radius 3 is 2.67 bits per heavy atom. The van der Waals surface area contributed by atoms with Gasteiger partial charge in [-0.25, -0.2) is 0 Å². The molecule has 0 saturated carbocycles. The molecule has 0 aromatic heterocycles. The van der Waals surface area contributed by atoms with E-state index in [0.717, 1.165) is 12.8 Å². The van der Waals surface area contributed by atoms with Crippen LogP contribution in [0.5, 0.6) is 0 Å². The first kappa shape index (κ1) is 13.1. The van der Waals surface area contributed by atoms with Crippen molar-refractivity contribution < 1.29 is 4.79 Å². The zero-order valence-electron chi connectivity index (χ0n) is 11.8. The normalized spacial score (nSPS) is 22.7. The molecule has 98 valence electrons. The Kier molecular flexibility index (Phi) is 3.22. The first-order valence-electron chi connectivity index (χ1n) is 6.70. The van der Waals surface area contributed by atoms with Crippen LogP contribution in [0.15, 0.2) is 24.3 Å². The molecule has 1 aromatic rings. The summed E-state index contributed by atoms with van der Waals surface area (Å²) >= 11 is 0. The summed E-state index contributed by atoms with van der Waals surface area (Å²) in [4.78, 5) is 12.1. The van der Waals surface area contributed by atoms with Gasteiger partial charge in [-0.3, -0.25) is 4.79 Å². The van der Waals surface area contributed by atoms with Gasteiger partial charge in [-0.2, -0.15) is 0 Å². The van der Waals surface area contributed by atoms with E-state index in [9.17, 15) is 4.79 Å². The molecule has 0 bridgehead atoms. The van der Waals surface area contributed by atoms with Crippen LogP contribution in [-0.4, -0.2) is 5.91 Å². The van der Waals surface area contributed by atoms with Crippen LogP contribution in [0.4, 0.5) is 0 Å². The molecule has 1 aliphatic rings. The molecular formula is C16H23NO. The first-order chi connectivity index (χ1) is 8.30. The third kappa shape index (κ3) is 2.74. The summed E-state index contributed by atoms with van der Waals surface area (Å²) in [5, 5.41) is 3.23. The van der Waals surface area contributed by atoms with E-state index in [1.807, 2.05) is 0 Å². The monoisotopic (exact) mass is 245 g/mol. The highest BCUT2D eigenvalue weighted by Gasteiger charge is 2.35. The average Bonchev–Trinajstić information content (AvgIpc) is 2.54. The van der Waals surface area contributed by atoms with Crippen molar-refractivity contribution in [3.8, 4) is 0 Å². The van der Waals surface area contributed by atoms with Gasteiger partial charge in [0.15, 0.2) is 0 Å². The minimum Gasteiger partial charge on any atom is -0.347 e. The first-order valence-corrected chi connectivity index (χ1v) is 6.70. The van der Waals surface area contributed by atoms with Crippen molar-refractivity contribution in [3.05, 3.63) is 35.4 Å². The molecule has 2 nitrogen and oxygen atoms in total. The summed E-state index contributed by atoms with van der Waals surface area (Å²) in [6.45, 7) is 8.42. The largest absolute Gasteiger partial charge is 0.347 e. The highest BCUT2D eigenvalue weighted by atomic mass is 16.1. The van der Waals surface area contributed by atoms with Crippen molar-refractivity contribution in [1.82, 2.24) is 5.32 Å². The van der Waals surface area contributed by atoms with Gasteiger partial charge in [-0.15, -0.1) is 0 Å². The Morgan fingerprint density at radius 1 is 1.33 bits per heavy atom. The standard InChI is InChI=1S/C16H23NO/c1-15(2,3)11-14(18)17-16(4)10-9-12-7-5-6-8-13(12)16/h5-8H,9-11H2,1-4H3,(H,17,18). The number of nitrogens with one attached hydrogen (secondary N) is 1. The summed E-state index contributed by atoms with van der Waals surface area (Å²) in [6, 6.07) is 8.43. The number of benzene rings is 1. The summed E-state index contributed by atoms with van der Waals surface area (Å²) in [5.41, 5.74) is 2.51. The second-order valence-corrected chi connectivity index (χ2v) is 6.77. The maximum atomic E-state index is 12.1. The molecule has 0 aliphatic heterocycles. The molecule has 0 heterocycles. The van der Waals surface area contributed by atoms with E-state index in [0.29, 0.717) is 6.42 Å². The molecule has 0 spiro atoms. The predicted octanol–water partition coefficient (Wildman–Crippen LogP) is 3.40. The molecule has 0 saturated heterocycles. The van der Waals surface area contributed by atoms with Crippen molar-refractivity contribution in [2.75, 3.05) is 0 Å². The lowest BCUT2D eigenvalue weighted by Crippen LogP contribution is -2.42. The van der Waals surface area contributed by atoms with E-state index >= 15 is 0 Å². The predicted molar refractivity (Wildman–Crippen MR) is 74.3 cm³/mol. The smallest absolute Gasteiger partial charge is 0.221 e. The van der Waals surface area contributed by atoms with Crippen LogP contribution >= 0.6 is 0 Å². The molecule has 0 fully saturated rings. The van der Waals surface area contributed by atoms with Gasteiger partial charge >= 0.3 is 0 Å². The fraction of sp³-hybridized carbons (Fsp3) is 0.562. The Labute approximate surface area is 110 Å². The van der Waals surface area contributed by atoms with Crippen molar-refractivity contribution in [3.63, 3.8) is 0 Å². The Balaban J connectivity index is 2.13. The van der Waals surface area contributed by atoms with Crippen LogP contribution in [0.3, 0.4) is 0 Å². The van der Waals surface area contributed by atoms with Gasteiger partial charge < -0.3 is 5.32 Å². The molecule has 2 heteroatoms. The number of amides is 1. The molecule has 0 radical (unpaired) electrons. The fourth-order valence-corrected chi connectivity index (χ4v) is 2.76. The van der Waals surface area contributed by atoms with Crippen molar-refractivity contribution in [2.45, 2.75) is 52.5 Å². The summed E-state index contributed by atoms with van der Waals surface area (Å²) in [6.07, 6.45) is 2.63. The highest BCUT2D eigenvalue weighted by Crippen LogP contribution is 2.36.